The molecular weight excluding hydrogens is 510 g/mol. The lowest BCUT2D eigenvalue weighted by atomic mass is 10.2. The van der Waals surface area contributed by atoms with Crippen molar-refractivity contribution in [2.75, 3.05) is 24.3 Å². The van der Waals surface area contributed by atoms with Crippen molar-refractivity contribution < 1.29 is 9.59 Å². The number of para-hydroxylation sites is 1. The molecule has 2 amide bonds. The molecule has 0 bridgehead atoms. The number of anilines is 2. The van der Waals surface area contributed by atoms with Crippen LogP contribution in [0.3, 0.4) is 0 Å². The third kappa shape index (κ3) is 5.96. The number of thiazole rings is 1. The highest BCUT2D eigenvalue weighted by Gasteiger charge is 2.28. The Hall–Kier alpha value is -4.57. The van der Waals surface area contributed by atoms with Gasteiger partial charge in [0.25, 0.3) is 0 Å². The SMILES string of the molecule is CC(C(=O)Nc1ccc(N(C)C)cc1)N(Cc1nc(-c2ccccc2)cs1)C(=O)Cn1nnc2ccccc21. The van der Waals surface area contributed by atoms with Crippen LogP contribution in [0.2, 0.25) is 0 Å². The molecule has 198 valence electrons. The number of fused-ring (bicyclic) bond motifs is 1. The number of benzene rings is 3. The van der Waals surface area contributed by atoms with E-state index in [0.717, 1.165) is 27.5 Å². The Bertz CT molecular complexity index is 1580. The predicted molar refractivity (Wildman–Crippen MR) is 154 cm³/mol. The van der Waals surface area contributed by atoms with Crippen LogP contribution in [0.4, 0.5) is 11.4 Å². The molecule has 5 aromatic rings. The van der Waals surface area contributed by atoms with E-state index < -0.39 is 6.04 Å². The molecule has 5 rings (SSSR count). The molecule has 9 nitrogen and oxygen atoms in total. The van der Waals surface area contributed by atoms with Crippen molar-refractivity contribution in [3.8, 4) is 11.3 Å². The van der Waals surface area contributed by atoms with E-state index in [1.54, 1.807) is 16.5 Å². The maximum Gasteiger partial charge on any atom is 0.246 e. The summed E-state index contributed by atoms with van der Waals surface area (Å²) < 4.78 is 1.56. The number of aromatic nitrogens is 4. The predicted octanol–water partition coefficient (Wildman–Crippen LogP) is 4.68. The molecular formula is C29H29N7O2S. The zero-order valence-electron chi connectivity index (χ0n) is 22.0. The Kier molecular flexibility index (Phi) is 7.64. The van der Waals surface area contributed by atoms with Gasteiger partial charge in [0.1, 0.15) is 23.1 Å². The number of nitrogens with zero attached hydrogens (tertiary/aromatic N) is 6. The average Bonchev–Trinajstić information content (AvgIpc) is 3.59. The maximum absolute atomic E-state index is 13.7. The van der Waals surface area contributed by atoms with Crippen molar-refractivity contribution in [1.29, 1.82) is 0 Å². The molecule has 2 heterocycles. The van der Waals surface area contributed by atoms with Gasteiger partial charge in [-0.2, -0.15) is 0 Å². The number of carbonyl (C=O) groups excluding carboxylic acids is 2. The van der Waals surface area contributed by atoms with Crippen molar-refractivity contribution in [3.63, 3.8) is 0 Å². The number of amides is 2. The molecule has 0 radical (unpaired) electrons. The monoisotopic (exact) mass is 539 g/mol. The summed E-state index contributed by atoms with van der Waals surface area (Å²) in [5, 5.41) is 14.0. The molecule has 0 fully saturated rings. The second kappa shape index (κ2) is 11.4. The first kappa shape index (κ1) is 26.1. The molecule has 0 saturated carbocycles. The second-order valence-electron chi connectivity index (χ2n) is 9.36. The number of nitrogens with one attached hydrogen (secondary N) is 1. The van der Waals surface area contributed by atoms with E-state index >= 15 is 0 Å². The van der Waals surface area contributed by atoms with E-state index in [-0.39, 0.29) is 24.9 Å². The quantitative estimate of drug-likeness (QED) is 0.292. The zero-order valence-corrected chi connectivity index (χ0v) is 22.8. The van der Waals surface area contributed by atoms with Crippen LogP contribution in [-0.4, -0.2) is 56.8 Å². The van der Waals surface area contributed by atoms with E-state index in [9.17, 15) is 9.59 Å². The van der Waals surface area contributed by atoms with Crippen LogP contribution in [0.15, 0.2) is 84.2 Å². The Morgan fingerprint density at radius 3 is 2.44 bits per heavy atom. The van der Waals surface area contributed by atoms with Crippen molar-refractivity contribution in [1.82, 2.24) is 24.9 Å². The second-order valence-corrected chi connectivity index (χ2v) is 10.3. The van der Waals surface area contributed by atoms with Gasteiger partial charge in [0.2, 0.25) is 11.8 Å². The highest BCUT2D eigenvalue weighted by Crippen LogP contribution is 2.24. The van der Waals surface area contributed by atoms with Gasteiger partial charge < -0.3 is 15.1 Å². The van der Waals surface area contributed by atoms with E-state index in [1.165, 1.54) is 11.3 Å². The van der Waals surface area contributed by atoms with Crippen molar-refractivity contribution in [2.45, 2.75) is 26.1 Å². The molecule has 0 aliphatic rings. The summed E-state index contributed by atoms with van der Waals surface area (Å²) in [7, 11) is 3.92. The zero-order chi connectivity index (χ0) is 27.4. The van der Waals surface area contributed by atoms with Crippen LogP contribution < -0.4 is 10.2 Å². The van der Waals surface area contributed by atoms with Crippen molar-refractivity contribution in [2.24, 2.45) is 0 Å². The Morgan fingerprint density at radius 1 is 0.974 bits per heavy atom. The van der Waals surface area contributed by atoms with Crippen LogP contribution >= 0.6 is 11.3 Å². The van der Waals surface area contributed by atoms with Gasteiger partial charge in [-0.3, -0.25) is 9.59 Å². The average molecular weight is 540 g/mol. The fourth-order valence-corrected chi connectivity index (χ4v) is 5.00. The standard InChI is InChI=1S/C29H29N7O2S/c1-20(29(38)30-22-13-15-23(16-14-22)34(2)3)35(17-27-31-25(19-39-27)21-9-5-4-6-10-21)28(37)18-36-26-12-8-7-11-24(26)32-33-36/h4-16,19-20H,17-18H2,1-3H3,(H,30,38). The van der Waals surface area contributed by atoms with Crippen LogP contribution in [0.25, 0.3) is 22.3 Å². The summed E-state index contributed by atoms with van der Waals surface area (Å²) in [6.07, 6.45) is 0. The molecule has 10 heteroatoms. The lowest BCUT2D eigenvalue weighted by Gasteiger charge is -2.28. The van der Waals surface area contributed by atoms with Crippen LogP contribution in [0.5, 0.6) is 0 Å². The first-order valence-electron chi connectivity index (χ1n) is 12.5. The number of rotatable bonds is 9. The minimum Gasteiger partial charge on any atom is -0.378 e. The summed E-state index contributed by atoms with van der Waals surface area (Å²) in [6, 6.07) is 24.1. The Morgan fingerprint density at radius 2 is 1.69 bits per heavy atom. The van der Waals surface area contributed by atoms with Gasteiger partial charge in [-0.1, -0.05) is 47.7 Å². The topological polar surface area (TPSA) is 96.2 Å². The molecule has 3 aromatic carbocycles. The smallest absolute Gasteiger partial charge is 0.246 e. The van der Waals surface area contributed by atoms with Crippen molar-refractivity contribution >= 4 is 45.6 Å². The summed E-state index contributed by atoms with van der Waals surface area (Å²) >= 11 is 1.46. The first-order valence-corrected chi connectivity index (χ1v) is 13.4. The fraction of sp³-hybridized carbons (Fsp3) is 0.207. The molecule has 0 aliphatic carbocycles. The molecule has 0 aliphatic heterocycles. The number of carbonyl (C=O) groups is 2. The van der Waals surface area contributed by atoms with Gasteiger partial charge in [-0.05, 0) is 43.3 Å². The number of hydrogen-bond acceptors (Lipinski definition) is 7. The van der Waals surface area contributed by atoms with Crippen LogP contribution in [0, 0.1) is 0 Å². The summed E-state index contributed by atoms with van der Waals surface area (Å²) in [4.78, 5) is 35.3. The highest BCUT2D eigenvalue weighted by atomic mass is 32.1. The van der Waals surface area contributed by atoms with E-state index in [4.69, 9.17) is 4.98 Å². The van der Waals surface area contributed by atoms with E-state index in [1.807, 2.05) is 103 Å². The van der Waals surface area contributed by atoms with E-state index in [2.05, 4.69) is 15.6 Å². The summed E-state index contributed by atoms with van der Waals surface area (Å²) in [6.45, 7) is 1.87. The minimum absolute atomic E-state index is 0.0490. The maximum atomic E-state index is 13.7. The third-order valence-electron chi connectivity index (χ3n) is 6.45. The molecule has 39 heavy (non-hydrogen) atoms. The molecule has 0 spiro atoms. The molecule has 2 aromatic heterocycles. The van der Waals surface area contributed by atoms with Crippen LogP contribution in [-0.2, 0) is 22.7 Å². The third-order valence-corrected chi connectivity index (χ3v) is 7.28. The molecule has 1 atom stereocenters. The highest BCUT2D eigenvalue weighted by molar-refractivity contribution is 7.09. The lowest BCUT2D eigenvalue weighted by Crippen LogP contribution is -2.46. The normalized spacial score (nSPS) is 11.8. The summed E-state index contributed by atoms with van der Waals surface area (Å²) in [5.74, 6) is -0.544. The van der Waals surface area contributed by atoms with Gasteiger partial charge in [0.15, 0.2) is 0 Å². The lowest BCUT2D eigenvalue weighted by molar-refractivity contribution is -0.139. The van der Waals surface area contributed by atoms with Gasteiger partial charge in [-0.15, -0.1) is 16.4 Å². The van der Waals surface area contributed by atoms with Crippen LogP contribution in [0.1, 0.15) is 11.9 Å². The van der Waals surface area contributed by atoms with E-state index in [0.29, 0.717) is 11.2 Å². The summed E-state index contributed by atoms with van der Waals surface area (Å²) in [5.41, 5.74) is 4.98. The Labute approximate surface area is 230 Å². The van der Waals surface area contributed by atoms with Gasteiger partial charge in [0, 0.05) is 36.4 Å². The Balaban J connectivity index is 1.38. The van der Waals surface area contributed by atoms with Gasteiger partial charge in [0.05, 0.1) is 17.8 Å². The largest absolute Gasteiger partial charge is 0.378 e. The van der Waals surface area contributed by atoms with Crippen molar-refractivity contribution in [3.05, 3.63) is 89.3 Å². The van der Waals surface area contributed by atoms with Gasteiger partial charge >= 0.3 is 0 Å². The first-order chi connectivity index (χ1) is 18.9. The van der Waals surface area contributed by atoms with Gasteiger partial charge in [-0.25, -0.2) is 9.67 Å². The molecule has 0 saturated heterocycles. The minimum atomic E-state index is -0.759. The fourth-order valence-electron chi connectivity index (χ4n) is 4.20. The molecule has 1 unspecified atom stereocenters. The molecule has 1 N–H and O–H groups in total. The number of hydrogen-bond donors (Lipinski definition) is 1.